The number of benzene rings is 2. The molecule has 0 radical (unpaired) electrons. The zero-order chi connectivity index (χ0) is 22.4. The molecule has 2 aromatic rings. The first-order valence-corrected chi connectivity index (χ1v) is 9.97. The molecular formula is C23H25N3O5. The lowest BCUT2D eigenvalue weighted by molar-refractivity contribution is -0.147. The first kappa shape index (κ1) is 22.0. The summed E-state index contributed by atoms with van der Waals surface area (Å²) < 4.78 is 5.00. The topological polar surface area (TPSA) is 105 Å². The molecule has 4 amide bonds. The molecule has 0 aliphatic carbocycles. The molecule has 8 nitrogen and oxygen atoms in total. The van der Waals surface area contributed by atoms with E-state index in [1.165, 1.54) is 0 Å². The fourth-order valence-corrected chi connectivity index (χ4v) is 3.24. The highest BCUT2D eigenvalue weighted by molar-refractivity contribution is 6.06. The lowest BCUT2D eigenvalue weighted by Gasteiger charge is -2.15. The Morgan fingerprint density at radius 1 is 1.03 bits per heavy atom. The Hall–Kier alpha value is -3.68. The van der Waals surface area contributed by atoms with Gasteiger partial charge in [0.25, 0.3) is 11.8 Å². The first-order valence-electron chi connectivity index (χ1n) is 9.97. The van der Waals surface area contributed by atoms with E-state index in [-0.39, 0.29) is 13.0 Å². The second kappa shape index (κ2) is 9.42. The van der Waals surface area contributed by atoms with Crippen LogP contribution < -0.4 is 10.6 Å². The number of hydrogen-bond donors (Lipinski definition) is 2. The van der Waals surface area contributed by atoms with E-state index >= 15 is 0 Å². The molecule has 162 valence electrons. The van der Waals surface area contributed by atoms with Crippen LogP contribution in [0.1, 0.15) is 31.4 Å². The Morgan fingerprint density at radius 2 is 1.71 bits per heavy atom. The predicted molar refractivity (Wildman–Crippen MR) is 114 cm³/mol. The van der Waals surface area contributed by atoms with Gasteiger partial charge in [0.1, 0.15) is 5.54 Å². The Balaban J connectivity index is 1.48. The van der Waals surface area contributed by atoms with Crippen molar-refractivity contribution in [3.05, 3.63) is 65.7 Å². The van der Waals surface area contributed by atoms with Crippen LogP contribution in [0.2, 0.25) is 0 Å². The van der Waals surface area contributed by atoms with Gasteiger partial charge < -0.3 is 15.4 Å². The molecule has 0 atom stereocenters. The van der Waals surface area contributed by atoms with Crippen molar-refractivity contribution < 1.29 is 23.9 Å². The number of nitrogens with one attached hydrogen (secondary N) is 2. The van der Waals surface area contributed by atoms with E-state index in [4.69, 9.17) is 4.74 Å². The van der Waals surface area contributed by atoms with Crippen LogP contribution in [-0.4, -0.2) is 47.4 Å². The summed E-state index contributed by atoms with van der Waals surface area (Å²) in [5.74, 6) is -1.54. The van der Waals surface area contributed by atoms with E-state index in [9.17, 15) is 19.2 Å². The molecule has 1 saturated heterocycles. The molecule has 31 heavy (non-hydrogen) atoms. The third kappa shape index (κ3) is 5.69. The average molecular weight is 423 g/mol. The number of carbonyl (C=O) groups excluding carboxylic acids is 4. The molecule has 0 unspecified atom stereocenters. The summed E-state index contributed by atoms with van der Waals surface area (Å²) in [6, 6.07) is 16.7. The number of nitrogens with zero attached hydrogens (tertiary/aromatic N) is 1. The number of anilines is 1. The van der Waals surface area contributed by atoms with Crippen LogP contribution in [0.5, 0.6) is 0 Å². The first-order chi connectivity index (χ1) is 14.8. The Labute approximate surface area is 180 Å². The van der Waals surface area contributed by atoms with Crippen molar-refractivity contribution >= 4 is 29.5 Å². The minimum Gasteiger partial charge on any atom is -0.456 e. The van der Waals surface area contributed by atoms with Gasteiger partial charge in [-0.3, -0.25) is 19.3 Å². The molecule has 0 saturated carbocycles. The van der Waals surface area contributed by atoms with Gasteiger partial charge in [-0.2, -0.15) is 0 Å². The Morgan fingerprint density at radius 3 is 2.39 bits per heavy atom. The van der Waals surface area contributed by atoms with Crippen LogP contribution in [0, 0.1) is 0 Å². The van der Waals surface area contributed by atoms with Crippen molar-refractivity contribution in [3.63, 3.8) is 0 Å². The number of imide groups is 1. The zero-order valence-electron chi connectivity index (χ0n) is 17.5. The maximum atomic E-state index is 12.3. The van der Waals surface area contributed by atoms with Gasteiger partial charge in [0.2, 0.25) is 0 Å². The molecule has 0 spiro atoms. The molecule has 1 fully saturated rings. The molecule has 0 aromatic heterocycles. The normalized spacial score (nSPS) is 14.8. The quantitative estimate of drug-likeness (QED) is 0.501. The molecule has 1 heterocycles. The number of hydrogen-bond acceptors (Lipinski definition) is 5. The number of amides is 4. The van der Waals surface area contributed by atoms with Crippen molar-refractivity contribution in [3.8, 4) is 0 Å². The van der Waals surface area contributed by atoms with Gasteiger partial charge in [-0.05, 0) is 37.5 Å². The van der Waals surface area contributed by atoms with E-state index in [1.807, 2.05) is 48.5 Å². The molecule has 2 N–H and O–H groups in total. The number of urea groups is 1. The summed E-state index contributed by atoms with van der Waals surface area (Å²) in [5.41, 5.74) is 1.71. The van der Waals surface area contributed by atoms with Crippen molar-refractivity contribution in [1.82, 2.24) is 10.2 Å². The second-order valence-corrected chi connectivity index (χ2v) is 7.79. The van der Waals surface area contributed by atoms with Crippen LogP contribution in [0.25, 0.3) is 0 Å². The van der Waals surface area contributed by atoms with Gasteiger partial charge in [-0.25, -0.2) is 4.79 Å². The van der Waals surface area contributed by atoms with Crippen molar-refractivity contribution in [2.45, 2.75) is 32.2 Å². The SMILES string of the molecule is CC1(C)NC(=O)N(CCC(=O)OCC(=O)Nc2ccccc2Cc2ccccc2)C1=O. The van der Waals surface area contributed by atoms with Gasteiger partial charge in [0.15, 0.2) is 6.61 Å². The minimum atomic E-state index is -0.992. The summed E-state index contributed by atoms with van der Waals surface area (Å²) in [5, 5.41) is 5.30. The highest BCUT2D eigenvalue weighted by Gasteiger charge is 2.44. The molecule has 0 bridgehead atoms. The summed E-state index contributed by atoms with van der Waals surface area (Å²) in [7, 11) is 0. The maximum Gasteiger partial charge on any atom is 0.325 e. The van der Waals surface area contributed by atoms with Crippen molar-refractivity contribution in [2.24, 2.45) is 0 Å². The lowest BCUT2D eigenvalue weighted by atomic mass is 10.0. The molecular weight excluding hydrogens is 398 g/mol. The maximum absolute atomic E-state index is 12.3. The molecule has 3 rings (SSSR count). The van der Waals surface area contributed by atoms with Crippen LogP contribution in [0.4, 0.5) is 10.5 Å². The molecule has 2 aromatic carbocycles. The van der Waals surface area contributed by atoms with Crippen LogP contribution >= 0.6 is 0 Å². The van der Waals surface area contributed by atoms with Gasteiger partial charge in [0, 0.05) is 12.2 Å². The van der Waals surface area contributed by atoms with Gasteiger partial charge in [-0.1, -0.05) is 48.5 Å². The summed E-state index contributed by atoms with van der Waals surface area (Å²) in [4.78, 5) is 49.1. The summed E-state index contributed by atoms with van der Waals surface area (Å²) in [6.07, 6.45) is 0.465. The van der Waals surface area contributed by atoms with E-state index in [0.29, 0.717) is 12.1 Å². The van der Waals surface area contributed by atoms with Crippen LogP contribution in [-0.2, 0) is 25.5 Å². The van der Waals surface area contributed by atoms with Gasteiger partial charge >= 0.3 is 12.0 Å². The average Bonchev–Trinajstić information content (AvgIpc) is 2.93. The molecule has 1 aliphatic heterocycles. The van der Waals surface area contributed by atoms with Crippen LogP contribution in [0.15, 0.2) is 54.6 Å². The van der Waals surface area contributed by atoms with Gasteiger partial charge in [0.05, 0.1) is 6.42 Å². The standard InChI is InChI=1S/C23H25N3O5/c1-23(2)21(29)26(22(30)25-23)13-12-20(28)31-15-19(27)24-18-11-7-6-10-17(18)14-16-8-4-3-5-9-16/h3-11H,12-15H2,1-2H3,(H,24,27)(H,25,30). The summed E-state index contributed by atoms with van der Waals surface area (Å²) >= 11 is 0. The van der Waals surface area contributed by atoms with Crippen molar-refractivity contribution in [1.29, 1.82) is 0 Å². The molecule has 8 heteroatoms. The van der Waals surface area contributed by atoms with E-state index in [0.717, 1.165) is 16.0 Å². The van der Waals surface area contributed by atoms with E-state index < -0.39 is 36.0 Å². The molecule has 1 aliphatic rings. The largest absolute Gasteiger partial charge is 0.456 e. The number of carbonyl (C=O) groups is 4. The Kier molecular flexibility index (Phi) is 6.69. The van der Waals surface area contributed by atoms with E-state index in [2.05, 4.69) is 10.6 Å². The van der Waals surface area contributed by atoms with Crippen LogP contribution in [0.3, 0.4) is 0 Å². The number of para-hydroxylation sites is 1. The second-order valence-electron chi connectivity index (χ2n) is 7.79. The third-order valence-electron chi connectivity index (χ3n) is 4.88. The fraction of sp³-hybridized carbons (Fsp3) is 0.304. The van der Waals surface area contributed by atoms with Gasteiger partial charge in [-0.15, -0.1) is 0 Å². The zero-order valence-corrected chi connectivity index (χ0v) is 17.5. The highest BCUT2D eigenvalue weighted by Crippen LogP contribution is 2.19. The fourth-order valence-electron chi connectivity index (χ4n) is 3.24. The number of esters is 1. The smallest absolute Gasteiger partial charge is 0.325 e. The minimum absolute atomic E-state index is 0.103. The van der Waals surface area contributed by atoms with Crippen molar-refractivity contribution in [2.75, 3.05) is 18.5 Å². The predicted octanol–water partition coefficient (Wildman–Crippen LogP) is 2.48. The third-order valence-corrected chi connectivity index (χ3v) is 4.88. The number of ether oxygens (including phenoxy) is 1. The monoisotopic (exact) mass is 423 g/mol. The Bertz CT molecular complexity index is 988. The summed E-state index contributed by atoms with van der Waals surface area (Å²) in [6.45, 7) is 2.62. The highest BCUT2D eigenvalue weighted by atomic mass is 16.5. The number of rotatable bonds is 8. The lowest BCUT2D eigenvalue weighted by Crippen LogP contribution is -2.40. The van der Waals surface area contributed by atoms with E-state index in [1.54, 1.807) is 19.9 Å².